The van der Waals surface area contributed by atoms with Crippen LogP contribution in [0.2, 0.25) is 0 Å². The lowest BCUT2D eigenvalue weighted by Crippen LogP contribution is -2.48. The molecule has 0 radical (unpaired) electrons. The number of nitrogens with zero attached hydrogens (tertiary/aromatic N) is 1. The second-order valence-electron chi connectivity index (χ2n) is 12.5. The molecule has 5 unspecified atom stereocenters. The first-order chi connectivity index (χ1) is 21.3. The molecule has 0 amide bonds. The zero-order valence-electron chi connectivity index (χ0n) is 26.7. The second-order valence-corrected chi connectivity index (χ2v) is 12.5. The van der Waals surface area contributed by atoms with Crippen molar-refractivity contribution in [3.05, 3.63) is 59.2 Å². The molecule has 4 rings (SSSR count). The summed E-state index contributed by atoms with van der Waals surface area (Å²) < 4.78 is 12.0. The van der Waals surface area contributed by atoms with E-state index in [0.29, 0.717) is 37.1 Å². The van der Waals surface area contributed by atoms with E-state index in [1.165, 1.54) is 12.8 Å². The number of phenols is 1. The van der Waals surface area contributed by atoms with Gasteiger partial charge in [-0.15, -0.1) is 4.99 Å². The number of aliphatic hydroxyl groups excluding tert-OH is 3. The molecule has 1 fully saturated rings. The predicted octanol–water partition coefficient (Wildman–Crippen LogP) is 4.01. The number of aryl methyl sites for hydroxylation is 1. The van der Waals surface area contributed by atoms with Gasteiger partial charge in [-0.2, -0.15) is 11.6 Å². The van der Waals surface area contributed by atoms with E-state index in [0.717, 1.165) is 61.5 Å². The Hall–Kier alpha value is -2.53. The molecule has 9 heteroatoms. The first kappa shape index (κ1) is 34.3. The van der Waals surface area contributed by atoms with Gasteiger partial charge in [-0.05, 0) is 63.3 Å². The van der Waals surface area contributed by atoms with Crippen LogP contribution in [0.3, 0.4) is 0 Å². The molecule has 6 N–H and O–H groups in total. The Morgan fingerprint density at radius 3 is 2.70 bits per heavy atom. The molecule has 1 saturated carbocycles. The Labute approximate surface area is 263 Å². The normalized spacial score (nSPS) is 21.5. The van der Waals surface area contributed by atoms with Crippen LogP contribution in [0, 0.1) is 24.0 Å². The van der Waals surface area contributed by atoms with E-state index in [2.05, 4.69) is 22.5 Å². The molecule has 1 aliphatic carbocycles. The summed E-state index contributed by atoms with van der Waals surface area (Å²) in [5.41, 5.74) is 3.01. The molecule has 1 aromatic carbocycles. The summed E-state index contributed by atoms with van der Waals surface area (Å²) in [6.07, 6.45) is 14.5. The van der Waals surface area contributed by atoms with Crippen molar-refractivity contribution in [2.75, 3.05) is 33.4 Å². The smallest absolute Gasteiger partial charge is 0.181 e. The highest BCUT2D eigenvalue weighted by molar-refractivity contribution is 5.84. The van der Waals surface area contributed by atoms with Crippen LogP contribution >= 0.6 is 0 Å². The van der Waals surface area contributed by atoms with Crippen LogP contribution in [0.5, 0.6) is 11.5 Å². The second kappa shape index (κ2) is 17.2. The summed E-state index contributed by atoms with van der Waals surface area (Å²) in [5, 5.41) is 48.0. The summed E-state index contributed by atoms with van der Waals surface area (Å²) in [4.78, 5) is 4.58. The van der Waals surface area contributed by atoms with Gasteiger partial charge in [0.2, 0.25) is 0 Å². The van der Waals surface area contributed by atoms with Crippen molar-refractivity contribution < 1.29 is 29.9 Å². The zero-order valence-corrected chi connectivity index (χ0v) is 26.7. The number of aliphatic imine (C=N–C) groups is 1. The number of unbranched alkanes of at least 4 members (excludes halogenated alkanes) is 1. The topological polar surface area (TPSA) is 136 Å². The van der Waals surface area contributed by atoms with Crippen molar-refractivity contribution in [3.63, 3.8) is 0 Å². The average Bonchev–Trinajstić information content (AvgIpc) is 3.80. The van der Waals surface area contributed by atoms with E-state index in [9.17, 15) is 20.4 Å². The maximum absolute atomic E-state index is 11.0. The minimum Gasteiger partial charge on any atom is -0.504 e. The van der Waals surface area contributed by atoms with E-state index in [1.54, 1.807) is 19.1 Å². The summed E-state index contributed by atoms with van der Waals surface area (Å²) >= 11 is 0. The molecule has 0 spiro atoms. The number of aromatic hydroxyl groups is 1. The number of likely N-dealkylation sites (N-methyl/N-ethyl adjacent to an activating group) is 1. The Bertz CT molecular complexity index is 1120. The third-order valence-corrected chi connectivity index (χ3v) is 8.98. The summed E-state index contributed by atoms with van der Waals surface area (Å²) in [7, 11) is 1.94. The summed E-state index contributed by atoms with van der Waals surface area (Å²) in [6, 6.07) is 5.96. The van der Waals surface area contributed by atoms with Gasteiger partial charge in [0.1, 0.15) is 12.2 Å². The molecule has 3 aliphatic rings. The number of hydrogen-bond acceptors (Lipinski definition) is 9. The largest absolute Gasteiger partial charge is 0.504 e. The van der Waals surface area contributed by atoms with E-state index >= 15 is 0 Å². The number of nitrogens with one attached hydrogen (secondary N) is 2. The molecule has 0 saturated heterocycles. The summed E-state index contributed by atoms with van der Waals surface area (Å²) in [6.45, 7) is 5.18. The lowest BCUT2D eigenvalue weighted by molar-refractivity contribution is 0.103. The molecule has 0 aromatic heterocycles. The molecule has 44 heavy (non-hydrogen) atoms. The van der Waals surface area contributed by atoms with Crippen LogP contribution in [0.1, 0.15) is 70.8 Å². The fraction of sp³-hybridized carbons (Fsp3) is 0.629. The van der Waals surface area contributed by atoms with Gasteiger partial charge in [0.15, 0.2) is 29.9 Å². The van der Waals surface area contributed by atoms with Gasteiger partial charge in [-0.25, -0.2) is 0 Å². The maximum atomic E-state index is 11.0. The van der Waals surface area contributed by atoms with E-state index in [4.69, 9.17) is 9.47 Å². The number of phenolic OH excluding ortho intramolecular Hbond substituents is 1. The fourth-order valence-electron chi connectivity index (χ4n) is 6.63. The Balaban J connectivity index is 1.34. The van der Waals surface area contributed by atoms with Gasteiger partial charge >= 0.3 is 0 Å². The van der Waals surface area contributed by atoms with Crippen LogP contribution in [0.15, 0.2) is 46.5 Å². The number of benzene rings is 1. The lowest BCUT2D eigenvalue weighted by Gasteiger charge is -2.30. The number of rotatable bonds is 19. The predicted molar refractivity (Wildman–Crippen MR) is 173 cm³/mol. The molecule has 1 aromatic rings. The van der Waals surface area contributed by atoms with Crippen LogP contribution in [-0.4, -0.2) is 84.3 Å². The quantitative estimate of drug-likeness (QED) is 0.129. The first-order valence-electron chi connectivity index (χ1n) is 16.5. The molecular weight excluding hydrogens is 558 g/mol. The highest BCUT2D eigenvalue weighted by atomic mass is 16.5. The third-order valence-electron chi connectivity index (χ3n) is 8.98. The van der Waals surface area contributed by atoms with Crippen molar-refractivity contribution in [2.24, 2.45) is 16.8 Å². The van der Waals surface area contributed by atoms with E-state index in [1.807, 2.05) is 31.5 Å². The minimum atomic E-state index is -0.950. The maximum Gasteiger partial charge on any atom is 0.181 e. The van der Waals surface area contributed by atoms with Gasteiger partial charge < -0.3 is 40.5 Å². The molecule has 5 atom stereocenters. The van der Waals surface area contributed by atoms with Gasteiger partial charge in [0.05, 0.1) is 18.1 Å². The Morgan fingerprint density at radius 1 is 1.20 bits per heavy atom. The standard InChI is InChI=1S/C35H53N3O6/c1-4-5-10-33-27(21-39)16-28(44-33)13-11-24-12-14-31(41)34(15-24)43-22-32(42)29-17-26(19-38-29)35(25-8-6-7-9-25)30(20-36-3)37-18-23(2)40/h12,14-17,19,23,25,30,32-33,35-37,39-42H,4-11,13,18,20-22H2,1-3H3. The SMILES string of the molecule is CCCCC1O[C-](CCc2ccc(O)c(OCC(O)[C+]3C=C(C(C4CCCC4)C(CNC)NCC(C)O)C=N3)c2)C=C1CO. The lowest BCUT2D eigenvalue weighted by atomic mass is 9.79. The van der Waals surface area contributed by atoms with E-state index in [-0.39, 0.29) is 37.0 Å². The average molecular weight is 612 g/mol. The Kier molecular flexibility index (Phi) is 13.5. The number of ether oxygens (including phenoxy) is 2. The molecule has 2 aliphatic heterocycles. The van der Waals surface area contributed by atoms with Crippen molar-refractivity contribution in [2.45, 2.75) is 96.0 Å². The highest BCUT2D eigenvalue weighted by Gasteiger charge is 2.41. The van der Waals surface area contributed by atoms with Crippen molar-refractivity contribution in [3.8, 4) is 11.5 Å². The molecular formula is C35H53N3O6. The molecule has 0 bridgehead atoms. The van der Waals surface area contributed by atoms with Crippen LogP contribution in [0.4, 0.5) is 0 Å². The van der Waals surface area contributed by atoms with Gasteiger partial charge in [0.25, 0.3) is 0 Å². The zero-order chi connectivity index (χ0) is 31.5. The highest BCUT2D eigenvalue weighted by Crippen LogP contribution is 2.39. The molecule has 244 valence electrons. The fourth-order valence-corrected chi connectivity index (χ4v) is 6.63. The van der Waals surface area contributed by atoms with Gasteiger partial charge in [-0.3, -0.25) is 0 Å². The number of aliphatic hydroxyl groups is 3. The molecule has 9 nitrogen and oxygen atoms in total. The molecule has 2 heterocycles. The Morgan fingerprint density at radius 2 is 2.00 bits per heavy atom. The van der Waals surface area contributed by atoms with Crippen molar-refractivity contribution in [1.29, 1.82) is 0 Å². The van der Waals surface area contributed by atoms with Crippen LogP contribution in [0.25, 0.3) is 0 Å². The van der Waals surface area contributed by atoms with Crippen molar-refractivity contribution >= 4 is 6.21 Å². The van der Waals surface area contributed by atoms with E-state index < -0.39 is 12.2 Å². The summed E-state index contributed by atoms with van der Waals surface area (Å²) in [5.74, 6) is 1.06. The first-order valence-corrected chi connectivity index (χ1v) is 16.5. The van der Waals surface area contributed by atoms with Crippen molar-refractivity contribution in [1.82, 2.24) is 10.6 Å². The van der Waals surface area contributed by atoms with Gasteiger partial charge in [-0.1, -0.05) is 51.2 Å². The number of hydrogen-bond donors (Lipinski definition) is 6. The van der Waals surface area contributed by atoms with Crippen LogP contribution < -0.4 is 15.4 Å². The van der Waals surface area contributed by atoms with Gasteiger partial charge in [0, 0.05) is 31.8 Å². The minimum absolute atomic E-state index is 0.00872. The van der Waals surface area contributed by atoms with Crippen LogP contribution in [-0.2, 0) is 11.2 Å². The third kappa shape index (κ3) is 9.49. The monoisotopic (exact) mass is 611 g/mol.